The number of urea groups is 1. The van der Waals surface area contributed by atoms with Crippen molar-refractivity contribution in [2.75, 3.05) is 7.11 Å². The summed E-state index contributed by atoms with van der Waals surface area (Å²) in [6.45, 7) is 0. The fourth-order valence-corrected chi connectivity index (χ4v) is 1.31. The molecule has 0 bridgehead atoms. The van der Waals surface area contributed by atoms with Gasteiger partial charge in [-0.15, -0.1) is 0 Å². The first-order valence-electron chi connectivity index (χ1n) is 4.20. The molecule has 0 aromatic heterocycles. The van der Waals surface area contributed by atoms with Crippen LogP contribution in [0.3, 0.4) is 0 Å². The number of aromatic hydroxyl groups is 1. The summed E-state index contributed by atoms with van der Waals surface area (Å²) < 4.78 is 4.89. The molecule has 0 fully saturated rings. The molecule has 0 aliphatic rings. The highest BCUT2D eigenvalue weighted by Crippen LogP contribution is 2.35. The summed E-state index contributed by atoms with van der Waals surface area (Å²) in [5, 5.41) is 13.1. The number of hydrazone groups is 1. The summed E-state index contributed by atoms with van der Waals surface area (Å²) >= 11 is 5.91. The summed E-state index contributed by atoms with van der Waals surface area (Å²) in [4.78, 5) is 10.4. The van der Waals surface area contributed by atoms with Crippen molar-refractivity contribution in [2.45, 2.75) is 0 Å². The first kappa shape index (κ1) is 12.1. The molecule has 0 radical (unpaired) electrons. The fraction of sp³-hybridized carbons (Fsp3) is 0.111. The minimum atomic E-state index is -0.780. The summed E-state index contributed by atoms with van der Waals surface area (Å²) in [6.07, 6.45) is 1.29. The summed E-state index contributed by atoms with van der Waals surface area (Å²) in [6, 6.07) is 2.14. The SMILES string of the molecule is COc1c(O)ccc(C=NNC(N)=O)c1Cl. The first-order chi connectivity index (χ1) is 7.56. The van der Waals surface area contributed by atoms with Crippen LogP contribution in [0.25, 0.3) is 0 Å². The van der Waals surface area contributed by atoms with Gasteiger partial charge in [0.05, 0.1) is 18.3 Å². The maximum Gasteiger partial charge on any atom is 0.332 e. The van der Waals surface area contributed by atoms with Crippen LogP contribution in [-0.2, 0) is 0 Å². The van der Waals surface area contributed by atoms with Gasteiger partial charge in [0.25, 0.3) is 0 Å². The van der Waals surface area contributed by atoms with Gasteiger partial charge in [-0.05, 0) is 12.1 Å². The van der Waals surface area contributed by atoms with Crippen molar-refractivity contribution in [2.24, 2.45) is 10.8 Å². The van der Waals surface area contributed by atoms with Crippen LogP contribution in [0.1, 0.15) is 5.56 Å². The minimum Gasteiger partial charge on any atom is -0.504 e. The zero-order valence-corrected chi connectivity index (χ0v) is 9.15. The second kappa shape index (κ2) is 5.22. The van der Waals surface area contributed by atoms with E-state index < -0.39 is 6.03 Å². The van der Waals surface area contributed by atoms with Crippen molar-refractivity contribution < 1.29 is 14.6 Å². The fourth-order valence-electron chi connectivity index (χ4n) is 1.02. The summed E-state index contributed by atoms with van der Waals surface area (Å²) in [7, 11) is 1.38. The number of phenols is 1. The molecule has 7 heteroatoms. The maximum absolute atomic E-state index is 10.4. The third-order valence-electron chi connectivity index (χ3n) is 1.69. The van der Waals surface area contributed by atoms with E-state index in [0.717, 1.165) is 0 Å². The Morgan fingerprint density at radius 2 is 2.38 bits per heavy atom. The number of primary amides is 1. The monoisotopic (exact) mass is 243 g/mol. The van der Waals surface area contributed by atoms with E-state index in [1.807, 2.05) is 5.43 Å². The van der Waals surface area contributed by atoms with Crippen molar-refractivity contribution in [1.29, 1.82) is 0 Å². The summed E-state index contributed by atoms with van der Waals surface area (Å²) in [5.41, 5.74) is 7.31. The average molecular weight is 244 g/mol. The molecular weight excluding hydrogens is 234 g/mol. The van der Waals surface area contributed by atoms with Crippen LogP contribution in [0.5, 0.6) is 11.5 Å². The Kier molecular flexibility index (Phi) is 3.96. The van der Waals surface area contributed by atoms with Gasteiger partial charge in [0.2, 0.25) is 0 Å². The third-order valence-corrected chi connectivity index (χ3v) is 2.08. The van der Waals surface area contributed by atoms with Crippen molar-refractivity contribution in [3.05, 3.63) is 22.7 Å². The van der Waals surface area contributed by atoms with Crippen LogP contribution in [-0.4, -0.2) is 24.5 Å². The number of halogens is 1. The number of benzene rings is 1. The molecule has 2 amide bonds. The van der Waals surface area contributed by atoms with Gasteiger partial charge in [-0.25, -0.2) is 10.2 Å². The lowest BCUT2D eigenvalue weighted by Gasteiger charge is -2.07. The number of carbonyl (C=O) groups excluding carboxylic acids is 1. The van der Waals surface area contributed by atoms with Gasteiger partial charge in [0.1, 0.15) is 0 Å². The van der Waals surface area contributed by atoms with E-state index in [-0.39, 0.29) is 16.5 Å². The minimum absolute atomic E-state index is 0.0764. The highest BCUT2D eigenvalue weighted by Gasteiger charge is 2.10. The quantitative estimate of drug-likeness (QED) is 0.547. The number of ether oxygens (including phenoxy) is 1. The molecule has 1 rings (SSSR count). The number of nitrogens with one attached hydrogen (secondary N) is 1. The molecule has 0 unspecified atom stereocenters. The Bertz CT molecular complexity index is 434. The summed E-state index contributed by atoms with van der Waals surface area (Å²) in [5.74, 6) is 0.0669. The zero-order chi connectivity index (χ0) is 12.1. The Morgan fingerprint density at radius 1 is 1.69 bits per heavy atom. The van der Waals surface area contributed by atoms with Gasteiger partial charge >= 0.3 is 6.03 Å². The molecule has 86 valence electrons. The zero-order valence-electron chi connectivity index (χ0n) is 8.40. The largest absolute Gasteiger partial charge is 0.504 e. The lowest BCUT2D eigenvalue weighted by Crippen LogP contribution is -2.24. The van der Waals surface area contributed by atoms with Gasteiger partial charge in [-0.3, -0.25) is 0 Å². The van der Waals surface area contributed by atoms with E-state index in [1.165, 1.54) is 25.5 Å². The van der Waals surface area contributed by atoms with Crippen molar-refractivity contribution in [3.63, 3.8) is 0 Å². The molecule has 1 aromatic carbocycles. The number of carbonyl (C=O) groups is 1. The van der Waals surface area contributed by atoms with Crippen molar-refractivity contribution in [3.8, 4) is 11.5 Å². The second-order valence-corrected chi connectivity index (χ2v) is 3.13. The Morgan fingerprint density at radius 3 is 2.94 bits per heavy atom. The van der Waals surface area contributed by atoms with Crippen LogP contribution < -0.4 is 15.9 Å². The number of hydrogen-bond acceptors (Lipinski definition) is 4. The van der Waals surface area contributed by atoms with E-state index in [0.29, 0.717) is 5.56 Å². The van der Waals surface area contributed by atoms with Crippen molar-refractivity contribution >= 4 is 23.8 Å². The van der Waals surface area contributed by atoms with Crippen LogP contribution in [0.4, 0.5) is 4.79 Å². The molecule has 4 N–H and O–H groups in total. The Hall–Kier alpha value is -1.95. The van der Waals surface area contributed by atoms with E-state index in [1.54, 1.807) is 0 Å². The van der Waals surface area contributed by atoms with E-state index >= 15 is 0 Å². The first-order valence-corrected chi connectivity index (χ1v) is 4.58. The van der Waals surface area contributed by atoms with Gasteiger partial charge in [-0.1, -0.05) is 11.6 Å². The maximum atomic E-state index is 10.4. The molecule has 0 spiro atoms. The lowest BCUT2D eigenvalue weighted by atomic mass is 10.2. The van der Waals surface area contributed by atoms with Gasteiger partial charge in [0.15, 0.2) is 11.5 Å². The molecule has 0 saturated carbocycles. The van der Waals surface area contributed by atoms with Gasteiger partial charge in [-0.2, -0.15) is 5.10 Å². The number of nitrogens with two attached hydrogens (primary N) is 1. The second-order valence-electron chi connectivity index (χ2n) is 2.76. The van der Waals surface area contributed by atoms with E-state index in [9.17, 15) is 9.90 Å². The molecule has 0 atom stereocenters. The molecule has 0 saturated heterocycles. The Labute approximate surface area is 96.7 Å². The molecule has 1 aromatic rings. The number of amides is 2. The predicted octanol–water partition coefficient (Wildman–Crippen LogP) is 1.06. The van der Waals surface area contributed by atoms with E-state index in [2.05, 4.69) is 5.10 Å². The average Bonchev–Trinajstić information content (AvgIpc) is 2.22. The third kappa shape index (κ3) is 2.77. The molecule has 0 aliphatic heterocycles. The van der Waals surface area contributed by atoms with Gasteiger partial charge < -0.3 is 15.6 Å². The topological polar surface area (TPSA) is 96.9 Å². The standard InChI is InChI=1S/C9H10ClN3O3/c1-16-8-6(14)3-2-5(7(8)10)4-12-13-9(11)15/h2-4,14H,1H3,(H3,11,13,15). The number of phenolic OH excluding ortho intramolecular Hbond substituents is 1. The molecule has 16 heavy (non-hydrogen) atoms. The number of nitrogens with zero attached hydrogens (tertiary/aromatic N) is 1. The highest BCUT2D eigenvalue weighted by molar-refractivity contribution is 6.34. The lowest BCUT2D eigenvalue weighted by molar-refractivity contribution is 0.249. The van der Waals surface area contributed by atoms with E-state index in [4.69, 9.17) is 22.1 Å². The molecular formula is C9H10ClN3O3. The molecule has 6 nitrogen and oxygen atoms in total. The highest BCUT2D eigenvalue weighted by atomic mass is 35.5. The smallest absolute Gasteiger partial charge is 0.332 e. The number of methoxy groups -OCH3 is 1. The van der Waals surface area contributed by atoms with Crippen molar-refractivity contribution in [1.82, 2.24) is 5.43 Å². The van der Waals surface area contributed by atoms with Crippen LogP contribution >= 0.6 is 11.6 Å². The molecule has 0 aliphatic carbocycles. The Balaban J connectivity index is 2.98. The number of rotatable bonds is 3. The van der Waals surface area contributed by atoms with Crippen LogP contribution in [0.15, 0.2) is 17.2 Å². The number of hydrogen-bond donors (Lipinski definition) is 3. The molecule has 0 heterocycles. The van der Waals surface area contributed by atoms with Crippen LogP contribution in [0.2, 0.25) is 5.02 Å². The van der Waals surface area contributed by atoms with Crippen LogP contribution in [0, 0.1) is 0 Å². The predicted molar refractivity (Wildman–Crippen MR) is 60.0 cm³/mol. The normalized spacial score (nSPS) is 10.4. The van der Waals surface area contributed by atoms with Gasteiger partial charge in [0, 0.05) is 5.56 Å².